The fourth-order valence-electron chi connectivity index (χ4n) is 3.09. The predicted octanol–water partition coefficient (Wildman–Crippen LogP) is 5.51. The first kappa shape index (κ1) is 20.9. The molecule has 0 saturated heterocycles. The minimum Gasteiger partial charge on any atom is -0.497 e. The average molecular weight is 412 g/mol. The molecule has 2 aromatic carbocycles. The molecule has 0 spiro atoms. The summed E-state index contributed by atoms with van der Waals surface area (Å²) in [4.78, 5) is 12.9. The number of rotatable bonds is 9. The SMILES string of the molecule is CCCCCCNC(=O)c1cc(-c2cccc(OC)c2)nn1-c1ccc(Cl)cc1. The van der Waals surface area contributed by atoms with Crippen molar-refractivity contribution in [3.05, 3.63) is 65.3 Å². The number of ether oxygens (including phenoxy) is 1. The van der Waals surface area contributed by atoms with Gasteiger partial charge in [-0.05, 0) is 48.9 Å². The topological polar surface area (TPSA) is 56.1 Å². The second-order valence-corrected chi connectivity index (χ2v) is 7.29. The first-order valence-electron chi connectivity index (χ1n) is 9.91. The molecule has 0 radical (unpaired) electrons. The number of hydrogen-bond acceptors (Lipinski definition) is 3. The van der Waals surface area contributed by atoms with E-state index in [1.165, 1.54) is 12.8 Å². The summed E-state index contributed by atoms with van der Waals surface area (Å²) >= 11 is 6.02. The van der Waals surface area contributed by atoms with Crippen molar-refractivity contribution >= 4 is 17.5 Å². The van der Waals surface area contributed by atoms with Crippen molar-refractivity contribution in [2.24, 2.45) is 0 Å². The molecule has 0 aliphatic rings. The van der Waals surface area contributed by atoms with Crippen LogP contribution in [0.5, 0.6) is 5.75 Å². The molecule has 6 heteroatoms. The summed E-state index contributed by atoms with van der Waals surface area (Å²) in [6, 6.07) is 16.7. The van der Waals surface area contributed by atoms with Gasteiger partial charge in [0.25, 0.3) is 5.91 Å². The number of hydrogen-bond donors (Lipinski definition) is 1. The molecule has 0 aliphatic heterocycles. The predicted molar refractivity (Wildman–Crippen MR) is 117 cm³/mol. The summed E-state index contributed by atoms with van der Waals surface area (Å²) in [6.07, 6.45) is 4.43. The van der Waals surface area contributed by atoms with Crippen molar-refractivity contribution < 1.29 is 9.53 Å². The van der Waals surface area contributed by atoms with Gasteiger partial charge in [-0.25, -0.2) is 4.68 Å². The van der Waals surface area contributed by atoms with E-state index in [4.69, 9.17) is 21.4 Å². The van der Waals surface area contributed by atoms with Crippen LogP contribution < -0.4 is 10.1 Å². The molecule has 0 atom stereocenters. The van der Waals surface area contributed by atoms with Crippen LogP contribution in [0, 0.1) is 0 Å². The van der Waals surface area contributed by atoms with Gasteiger partial charge in [0, 0.05) is 17.1 Å². The normalized spacial score (nSPS) is 10.7. The van der Waals surface area contributed by atoms with Gasteiger partial charge in [0.05, 0.1) is 18.5 Å². The van der Waals surface area contributed by atoms with Crippen molar-refractivity contribution in [3.63, 3.8) is 0 Å². The van der Waals surface area contributed by atoms with Gasteiger partial charge < -0.3 is 10.1 Å². The van der Waals surface area contributed by atoms with E-state index in [9.17, 15) is 4.79 Å². The van der Waals surface area contributed by atoms with Crippen LogP contribution in [-0.4, -0.2) is 29.3 Å². The van der Waals surface area contributed by atoms with E-state index in [0.29, 0.717) is 23.0 Å². The minimum absolute atomic E-state index is 0.141. The molecule has 29 heavy (non-hydrogen) atoms. The van der Waals surface area contributed by atoms with Crippen molar-refractivity contribution in [1.82, 2.24) is 15.1 Å². The number of unbranched alkanes of at least 4 members (excludes halogenated alkanes) is 3. The zero-order valence-electron chi connectivity index (χ0n) is 16.8. The summed E-state index contributed by atoms with van der Waals surface area (Å²) in [5.41, 5.74) is 2.85. The quantitative estimate of drug-likeness (QED) is 0.472. The van der Waals surface area contributed by atoms with Crippen LogP contribution in [0.25, 0.3) is 16.9 Å². The van der Waals surface area contributed by atoms with E-state index < -0.39 is 0 Å². The van der Waals surface area contributed by atoms with E-state index in [1.54, 1.807) is 23.9 Å². The van der Waals surface area contributed by atoms with Crippen molar-refractivity contribution in [2.45, 2.75) is 32.6 Å². The zero-order valence-corrected chi connectivity index (χ0v) is 17.6. The lowest BCUT2D eigenvalue weighted by molar-refractivity contribution is 0.0945. The van der Waals surface area contributed by atoms with Crippen LogP contribution in [0.4, 0.5) is 0 Å². The van der Waals surface area contributed by atoms with Crippen LogP contribution in [-0.2, 0) is 0 Å². The molecular formula is C23H26ClN3O2. The Morgan fingerprint density at radius 3 is 2.62 bits per heavy atom. The Balaban J connectivity index is 1.91. The molecule has 1 amide bonds. The summed E-state index contributed by atoms with van der Waals surface area (Å²) in [6.45, 7) is 2.82. The Morgan fingerprint density at radius 1 is 1.10 bits per heavy atom. The molecule has 1 aromatic heterocycles. The molecule has 0 saturated carbocycles. The van der Waals surface area contributed by atoms with E-state index in [-0.39, 0.29) is 5.91 Å². The van der Waals surface area contributed by atoms with Crippen molar-refractivity contribution in [1.29, 1.82) is 0 Å². The summed E-state index contributed by atoms with van der Waals surface area (Å²) in [5, 5.41) is 8.34. The number of methoxy groups -OCH3 is 1. The monoisotopic (exact) mass is 411 g/mol. The number of nitrogens with one attached hydrogen (secondary N) is 1. The molecule has 0 bridgehead atoms. The van der Waals surface area contributed by atoms with E-state index in [1.807, 2.05) is 42.5 Å². The van der Waals surface area contributed by atoms with Crippen LogP contribution >= 0.6 is 11.6 Å². The number of carbonyl (C=O) groups is 1. The van der Waals surface area contributed by atoms with Gasteiger partial charge in [-0.2, -0.15) is 5.10 Å². The number of aromatic nitrogens is 2. The minimum atomic E-state index is -0.141. The van der Waals surface area contributed by atoms with Gasteiger partial charge in [0.1, 0.15) is 11.4 Å². The Kier molecular flexibility index (Phi) is 7.30. The molecule has 5 nitrogen and oxygen atoms in total. The van der Waals surface area contributed by atoms with Crippen LogP contribution in [0.15, 0.2) is 54.6 Å². The Labute approximate surface area is 176 Å². The Hall–Kier alpha value is -2.79. The molecule has 0 aliphatic carbocycles. The zero-order chi connectivity index (χ0) is 20.6. The maximum Gasteiger partial charge on any atom is 0.270 e. The second-order valence-electron chi connectivity index (χ2n) is 6.85. The van der Waals surface area contributed by atoms with Gasteiger partial charge in [0.2, 0.25) is 0 Å². The third-order valence-corrected chi connectivity index (χ3v) is 4.95. The van der Waals surface area contributed by atoms with Gasteiger partial charge in [0.15, 0.2) is 0 Å². The molecule has 1 heterocycles. The lowest BCUT2D eigenvalue weighted by Crippen LogP contribution is -2.26. The highest BCUT2D eigenvalue weighted by atomic mass is 35.5. The smallest absolute Gasteiger partial charge is 0.270 e. The molecule has 152 valence electrons. The lowest BCUT2D eigenvalue weighted by atomic mass is 10.1. The van der Waals surface area contributed by atoms with E-state index in [0.717, 1.165) is 29.8 Å². The standard InChI is InChI=1S/C23H26ClN3O2/c1-3-4-5-6-14-25-23(28)22-16-21(17-8-7-9-20(15-17)29-2)26-27(22)19-12-10-18(24)11-13-19/h7-13,15-16H,3-6,14H2,1-2H3,(H,25,28). The highest BCUT2D eigenvalue weighted by Crippen LogP contribution is 2.25. The summed E-state index contributed by atoms with van der Waals surface area (Å²) < 4.78 is 6.97. The lowest BCUT2D eigenvalue weighted by Gasteiger charge is -2.08. The Bertz CT molecular complexity index is 951. The first-order chi connectivity index (χ1) is 14.1. The second kappa shape index (κ2) is 10.1. The van der Waals surface area contributed by atoms with Gasteiger partial charge in [-0.3, -0.25) is 4.79 Å². The van der Waals surface area contributed by atoms with E-state index >= 15 is 0 Å². The summed E-state index contributed by atoms with van der Waals surface area (Å²) in [7, 11) is 1.63. The maximum atomic E-state index is 12.9. The Morgan fingerprint density at radius 2 is 1.90 bits per heavy atom. The molecular weight excluding hydrogens is 386 g/mol. The van der Waals surface area contributed by atoms with E-state index in [2.05, 4.69) is 12.2 Å². The highest BCUT2D eigenvalue weighted by molar-refractivity contribution is 6.30. The molecule has 0 unspecified atom stereocenters. The number of carbonyl (C=O) groups excluding carboxylic acids is 1. The third kappa shape index (κ3) is 5.39. The van der Waals surface area contributed by atoms with Crippen molar-refractivity contribution in [2.75, 3.05) is 13.7 Å². The van der Waals surface area contributed by atoms with Gasteiger partial charge in [-0.1, -0.05) is 49.9 Å². The molecule has 3 rings (SSSR count). The van der Waals surface area contributed by atoms with Gasteiger partial charge in [-0.15, -0.1) is 0 Å². The highest BCUT2D eigenvalue weighted by Gasteiger charge is 2.17. The molecule has 0 fully saturated rings. The maximum absolute atomic E-state index is 12.9. The van der Waals surface area contributed by atoms with Crippen LogP contribution in [0.3, 0.4) is 0 Å². The van der Waals surface area contributed by atoms with Crippen LogP contribution in [0.1, 0.15) is 43.1 Å². The largest absolute Gasteiger partial charge is 0.497 e. The first-order valence-corrected chi connectivity index (χ1v) is 10.3. The molecule has 1 N–H and O–H groups in total. The average Bonchev–Trinajstić information content (AvgIpc) is 3.19. The fourth-order valence-corrected chi connectivity index (χ4v) is 3.22. The van der Waals surface area contributed by atoms with Gasteiger partial charge >= 0.3 is 0 Å². The fraction of sp³-hybridized carbons (Fsp3) is 0.304. The van der Waals surface area contributed by atoms with Crippen LogP contribution in [0.2, 0.25) is 5.02 Å². The number of halogens is 1. The summed E-state index contributed by atoms with van der Waals surface area (Å²) in [5.74, 6) is 0.601. The number of amides is 1. The van der Waals surface area contributed by atoms with Crippen molar-refractivity contribution in [3.8, 4) is 22.7 Å². The number of nitrogens with zero attached hydrogens (tertiary/aromatic N) is 2. The third-order valence-electron chi connectivity index (χ3n) is 4.69. The number of benzene rings is 2. The molecule has 3 aromatic rings.